The first-order valence-electron chi connectivity index (χ1n) is 13.6. The monoisotopic (exact) mass is 540 g/mol. The Labute approximate surface area is 227 Å². The van der Waals surface area contributed by atoms with Crippen molar-refractivity contribution in [3.8, 4) is 0 Å². The number of aryl methyl sites for hydroxylation is 1. The smallest absolute Gasteiger partial charge is 0.243 e. The highest BCUT2D eigenvalue weighted by Crippen LogP contribution is 2.28. The molecule has 4 rings (SSSR count). The fourth-order valence-corrected chi connectivity index (χ4v) is 6.90. The van der Waals surface area contributed by atoms with Crippen LogP contribution in [0.15, 0.2) is 53.4 Å². The minimum absolute atomic E-state index is 0.0151. The van der Waals surface area contributed by atoms with Crippen molar-refractivity contribution in [1.82, 2.24) is 14.5 Å². The Morgan fingerprint density at radius 1 is 0.947 bits per heavy atom. The van der Waals surface area contributed by atoms with Crippen molar-refractivity contribution in [3.05, 3.63) is 59.7 Å². The minimum Gasteiger partial charge on any atom is -0.378 e. The van der Waals surface area contributed by atoms with E-state index in [1.165, 1.54) is 10.7 Å². The van der Waals surface area contributed by atoms with Crippen LogP contribution in [0.1, 0.15) is 49.7 Å². The van der Waals surface area contributed by atoms with Gasteiger partial charge in [-0.05, 0) is 55.5 Å². The average molecular weight is 541 g/mol. The number of carbonyl (C=O) groups is 2. The summed E-state index contributed by atoms with van der Waals surface area (Å²) in [5, 5.41) is 2.92. The third-order valence-corrected chi connectivity index (χ3v) is 9.64. The second-order valence-corrected chi connectivity index (χ2v) is 12.7. The van der Waals surface area contributed by atoms with E-state index in [9.17, 15) is 18.0 Å². The zero-order valence-electron chi connectivity index (χ0n) is 22.7. The molecule has 38 heavy (non-hydrogen) atoms. The molecule has 1 aliphatic heterocycles. The van der Waals surface area contributed by atoms with Crippen molar-refractivity contribution in [2.24, 2.45) is 5.92 Å². The molecular formula is C29H40N4O4S. The fourth-order valence-electron chi connectivity index (χ4n) is 5.33. The van der Waals surface area contributed by atoms with E-state index in [1.54, 1.807) is 29.2 Å². The number of anilines is 1. The SMILES string of the molecule is Cc1ccc(S(=O)(=O)N2CCN(C(=O)CC3CCCCC3)CC2C(=O)NCc2ccc(N(C)C)cc2)cc1. The number of amides is 2. The first kappa shape index (κ1) is 28.1. The molecule has 206 valence electrons. The quantitative estimate of drug-likeness (QED) is 0.553. The summed E-state index contributed by atoms with van der Waals surface area (Å²) in [5.74, 6) is -0.00289. The summed E-state index contributed by atoms with van der Waals surface area (Å²) >= 11 is 0. The molecular weight excluding hydrogens is 500 g/mol. The van der Waals surface area contributed by atoms with E-state index in [0.29, 0.717) is 12.3 Å². The van der Waals surface area contributed by atoms with E-state index in [0.717, 1.165) is 42.5 Å². The number of carbonyl (C=O) groups excluding carboxylic acids is 2. The molecule has 9 heteroatoms. The minimum atomic E-state index is -3.92. The Morgan fingerprint density at radius 3 is 2.24 bits per heavy atom. The van der Waals surface area contributed by atoms with Crippen LogP contribution in [0.3, 0.4) is 0 Å². The van der Waals surface area contributed by atoms with Crippen LogP contribution in [0, 0.1) is 12.8 Å². The van der Waals surface area contributed by atoms with Crippen molar-refractivity contribution < 1.29 is 18.0 Å². The number of piperazine rings is 1. The molecule has 1 N–H and O–H groups in total. The van der Waals surface area contributed by atoms with Gasteiger partial charge in [0.05, 0.1) is 4.90 Å². The van der Waals surface area contributed by atoms with Gasteiger partial charge in [-0.25, -0.2) is 8.42 Å². The van der Waals surface area contributed by atoms with Gasteiger partial charge in [0.1, 0.15) is 6.04 Å². The molecule has 1 saturated heterocycles. The Hall–Kier alpha value is -2.91. The van der Waals surface area contributed by atoms with Gasteiger partial charge in [-0.1, -0.05) is 49.1 Å². The third-order valence-electron chi connectivity index (χ3n) is 7.72. The van der Waals surface area contributed by atoms with Gasteiger partial charge in [-0.2, -0.15) is 4.31 Å². The van der Waals surface area contributed by atoms with Crippen LogP contribution in [0.2, 0.25) is 0 Å². The normalized spacial score (nSPS) is 19.2. The highest BCUT2D eigenvalue weighted by atomic mass is 32.2. The van der Waals surface area contributed by atoms with Crippen LogP contribution in [0.4, 0.5) is 5.69 Å². The van der Waals surface area contributed by atoms with Crippen LogP contribution in [-0.2, 0) is 26.2 Å². The molecule has 0 aromatic heterocycles. The third kappa shape index (κ3) is 6.74. The number of hydrogen-bond donors (Lipinski definition) is 1. The predicted molar refractivity (Wildman–Crippen MR) is 149 cm³/mol. The molecule has 1 saturated carbocycles. The Balaban J connectivity index is 1.51. The van der Waals surface area contributed by atoms with Gasteiger partial charge in [0.25, 0.3) is 0 Å². The van der Waals surface area contributed by atoms with Crippen molar-refractivity contribution >= 4 is 27.5 Å². The van der Waals surface area contributed by atoms with Gasteiger partial charge in [0.15, 0.2) is 0 Å². The van der Waals surface area contributed by atoms with Gasteiger partial charge >= 0.3 is 0 Å². The second kappa shape index (κ2) is 12.3. The van der Waals surface area contributed by atoms with Gasteiger partial charge in [0, 0.05) is 52.4 Å². The summed E-state index contributed by atoms with van der Waals surface area (Å²) in [7, 11) is 0.00670. The van der Waals surface area contributed by atoms with Crippen LogP contribution in [0.5, 0.6) is 0 Å². The molecule has 2 amide bonds. The topological polar surface area (TPSA) is 90.0 Å². The lowest BCUT2D eigenvalue weighted by Crippen LogP contribution is -2.61. The van der Waals surface area contributed by atoms with Crippen LogP contribution in [-0.4, -0.2) is 69.2 Å². The van der Waals surface area contributed by atoms with Crippen molar-refractivity contribution in [1.29, 1.82) is 0 Å². The van der Waals surface area contributed by atoms with Crippen molar-refractivity contribution in [3.63, 3.8) is 0 Å². The zero-order chi connectivity index (χ0) is 27.3. The van der Waals surface area contributed by atoms with E-state index in [-0.39, 0.29) is 37.0 Å². The summed E-state index contributed by atoms with van der Waals surface area (Å²) in [4.78, 5) is 30.5. The Kier molecular flexibility index (Phi) is 9.10. The summed E-state index contributed by atoms with van der Waals surface area (Å²) in [6.45, 7) is 2.60. The van der Waals surface area contributed by atoms with E-state index >= 15 is 0 Å². The van der Waals surface area contributed by atoms with Crippen molar-refractivity contribution in [2.45, 2.75) is 62.9 Å². The fraction of sp³-hybridized carbons (Fsp3) is 0.517. The molecule has 0 spiro atoms. The summed E-state index contributed by atoms with van der Waals surface area (Å²) in [6.07, 6.45) is 6.12. The first-order valence-corrected chi connectivity index (χ1v) is 15.0. The average Bonchev–Trinajstić information content (AvgIpc) is 2.92. The maximum absolute atomic E-state index is 13.6. The molecule has 2 fully saturated rings. The lowest BCUT2D eigenvalue weighted by atomic mass is 9.86. The van der Waals surface area contributed by atoms with E-state index in [4.69, 9.17) is 0 Å². The molecule has 0 radical (unpaired) electrons. The number of rotatable bonds is 8. The van der Waals surface area contributed by atoms with Crippen LogP contribution >= 0.6 is 0 Å². The van der Waals surface area contributed by atoms with Gasteiger partial charge in [0.2, 0.25) is 21.8 Å². The van der Waals surface area contributed by atoms with E-state index in [2.05, 4.69) is 5.32 Å². The highest BCUT2D eigenvalue weighted by Gasteiger charge is 2.41. The van der Waals surface area contributed by atoms with Gasteiger partial charge < -0.3 is 15.1 Å². The summed E-state index contributed by atoms with van der Waals surface area (Å²) < 4.78 is 28.5. The lowest BCUT2D eigenvalue weighted by Gasteiger charge is -2.40. The molecule has 2 aromatic rings. The van der Waals surface area contributed by atoms with Crippen molar-refractivity contribution in [2.75, 3.05) is 38.6 Å². The number of benzene rings is 2. The molecule has 2 aliphatic rings. The molecule has 1 heterocycles. The standard InChI is InChI=1S/C29H40N4O4S/c1-22-9-15-26(16-10-22)38(36,37)33-18-17-32(28(34)19-23-7-5-4-6-8-23)21-27(33)29(35)30-20-24-11-13-25(14-12-24)31(2)3/h9-16,23,27H,4-8,17-21H2,1-3H3,(H,30,35). The highest BCUT2D eigenvalue weighted by molar-refractivity contribution is 7.89. The maximum Gasteiger partial charge on any atom is 0.243 e. The number of nitrogens with one attached hydrogen (secondary N) is 1. The number of nitrogens with zero attached hydrogens (tertiary/aromatic N) is 3. The maximum atomic E-state index is 13.6. The number of hydrogen-bond acceptors (Lipinski definition) is 5. The van der Waals surface area contributed by atoms with Gasteiger partial charge in [-0.3, -0.25) is 9.59 Å². The van der Waals surface area contributed by atoms with E-state index in [1.807, 2.05) is 50.2 Å². The van der Waals surface area contributed by atoms with Gasteiger partial charge in [-0.15, -0.1) is 0 Å². The summed E-state index contributed by atoms with van der Waals surface area (Å²) in [6, 6.07) is 13.5. The first-order chi connectivity index (χ1) is 18.1. The second-order valence-electron chi connectivity index (χ2n) is 10.8. The van der Waals surface area contributed by atoms with E-state index < -0.39 is 22.0 Å². The Bertz CT molecular complexity index is 1210. The molecule has 8 nitrogen and oxygen atoms in total. The molecule has 1 aliphatic carbocycles. The summed E-state index contributed by atoms with van der Waals surface area (Å²) in [5.41, 5.74) is 2.92. The molecule has 2 aromatic carbocycles. The molecule has 1 unspecified atom stereocenters. The van der Waals surface area contributed by atoms with Crippen LogP contribution in [0.25, 0.3) is 0 Å². The Morgan fingerprint density at radius 2 is 1.61 bits per heavy atom. The van der Waals surface area contributed by atoms with Crippen LogP contribution < -0.4 is 10.2 Å². The predicted octanol–water partition coefficient (Wildman–Crippen LogP) is 3.55. The molecule has 1 atom stereocenters. The lowest BCUT2D eigenvalue weighted by molar-refractivity contribution is -0.137. The molecule has 0 bridgehead atoms. The largest absolute Gasteiger partial charge is 0.378 e. The number of sulfonamides is 1. The zero-order valence-corrected chi connectivity index (χ0v) is 23.5.